The highest BCUT2D eigenvalue weighted by molar-refractivity contribution is 5.34. The molecule has 7 nitrogen and oxygen atoms in total. The van der Waals surface area contributed by atoms with Gasteiger partial charge < -0.3 is 11.1 Å². The summed E-state index contributed by atoms with van der Waals surface area (Å²) >= 11 is 0. The van der Waals surface area contributed by atoms with E-state index in [0.29, 0.717) is 17.8 Å². The predicted octanol–water partition coefficient (Wildman–Crippen LogP) is 1.49. The van der Waals surface area contributed by atoms with Crippen molar-refractivity contribution in [3.05, 3.63) is 18.5 Å². The molecule has 0 aliphatic carbocycles. The predicted molar refractivity (Wildman–Crippen MR) is 73.9 cm³/mol. The Balaban J connectivity index is 2.01. The number of hydrogen-bond donors (Lipinski definition) is 2. The zero-order valence-corrected chi connectivity index (χ0v) is 11.2. The molecule has 0 saturated heterocycles. The van der Waals surface area contributed by atoms with E-state index in [4.69, 9.17) is 5.73 Å². The molecule has 0 saturated carbocycles. The van der Waals surface area contributed by atoms with E-state index in [1.165, 1.54) is 6.42 Å². The quantitative estimate of drug-likeness (QED) is 0.765. The molecule has 0 atom stereocenters. The first-order chi connectivity index (χ1) is 9.15. The van der Waals surface area contributed by atoms with E-state index < -0.39 is 0 Å². The third-order valence-corrected chi connectivity index (χ3v) is 2.59. The van der Waals surface area contributed by atoms with Gasteiger partial charge in [0.15, 0.2) is 0 Å². The molecule has 0 spiro atoms. The summed E-state index contributed by atoms with van der Waals surface area (Å²) in [5.74, 6) is 1.79. The zero-order valence-electron chi connectivity index (χ0n) is 11.2. The number of anilines is 2. The molecule has 0 fully saturated rings. The average molecular weight is 261 g/mol. The fourth-order valence-electron chi connectivity index (χ4n) is 1.66. The molecular weight excluding hydrogens is 242 g/mol. The van der Waals surface area contributed by atoms with Gasteiger partial charge >= 0.3 is 0 Å². The van der Waals surface area contributed by atoms with Crippen LogP contribution in [0.1, 0.15) is 26.7 Å². The molecule has 19 heavy (non-hydrogen) atoms. The molecule has 0 aliphatic heterocycles. The van der Waals surface area contributed by atoms with Crippen LogP contribution < -0.4 is 11.1 Å². The third-order valence-electron chi connectivity index (χ3n) is 2.59. The van der Waals surface area contributed by atoms with Crippen LogP contribution >= 0.6 is 0 Å². The summed E-state index contributed by atoms with van der Waals surface area (Å²) in [6.45, 7) is 5.23. The lowest BCUT2D eigenvalue weighted by Crippen LogP contribution is -2.12. The van der Waals surface area contributed by atoms with E-state index in [0.717, 1.165) is 13.0 Å². The molecule has 0 bridgehead atoms. The molecule has 2 aromatic rings. The van der Waals surface area contributed by atoms with E-state index in [1.54, 1.807) is 23.1 Å². The van der Waals surface area contributed by atoms with Crippen LogP contribution in [0.15, 0.2) is 18.5 Å². The van der Waals surface area contributed by atoms with Gasteiger partial charge in [0.05, 0.1) is 0 Å². The van der Waals surface area contributed by atoms with E-state index in [9.17, 15) is 0 Å². The van der Waals surface area contributed by atoms with Gasteiger partial charge in [0.1, 0.15) is 0 Å². The highest BCUT2D eigenvalue weighted by Gasteiger charge is 2.06. The minimum Gasteiger partial charge on any atom is -0.368 e. The van der Waals surface area contributed by atoms with Gasteiger partial charge in [0.25, 0.3) is 5.95 Å². The van der Waals surface area contributed by atoms with Crippen molar-refractivity contribution in [2.75, 3.05) is 17.6 Å². The molecule has 2 heterocycles. The highest BCUT2D eigenvalue weighted by atomic mass is 15.4. The van der Waals surface area contributed by atoms with Gasteiger partial charge in [0.2, 0.25) is 11.9 Å². The zero-order chi connectivity index (χ0) is 13.7. The maximum atomic E-state index is 5.67. The maximum Gasteiger partial charge on any atom is 0.257 e. The Morgan fingerprint density at radius 1 is 1.32 bits per heavy atom. The summed E-state index contributed by atoms with van der Waals surface area (Å²) in [4.78, 5) is 12.4. The number of hydrogen-bond acceptors (Lipinski definition) is 6. The largest absolute Gasteiger partial charge is 0.368 e. The summed E-state index contributed by atoms with van der Waals surface area (Å²) < 4.78 is 1.55. The molecule has 0 aliphatic rings. The van der Waals surface area contributed by atoms with Gasteiger partial charge in [-0.15, -0.1) is 0 Å². The number of nitrogens with one attached hydrogen (secondary N) is 1. The van der Waals surface area contributed by atoms with Crippen LogP contribution in [0, 0.1) is 5.92 Å². The van der Waals surface area contributed by atoms with Crippen LogP contribution in [0.2, 0.25) is 0 Å². The van der Waals surface area contributed by atoms with Crippen molar-refractivity contribution in [3.8, 4) is 5.95 Å². The second-order valence-electron chi connectivity index (χ2n) is 4.73. The van der Waals surface area contributed by atoms with Crippen molar-refractivity contribution in [2.45, 2.75) is 26.7 Å². The molecule has 102 valence electrons. The van der Waals surface area contributed by atoms with Crippen LogP contribution in [0.4, 0.5) is 11.9 Å². The molecule has 2 rings (SSSR count). The molecule has 0 radical (unpaired) electrons. The number of nitrogens with zero attached hydrogens (tertiary/aromatic N) is 5. The van der Waals surface area contributed by atoms with Crippen molar-refractivity contribution in [3.63, 3.8) is 0 Å². The van der Waals surface area contributed by atoms with Crippen LogP contribution in [-0.4, -0.2) is 31.3 Å². The normalized spacial score (nSPS) is 10.9. The summed E-state index contributed by atoms with van der Waals surface area (Å²) in [6, 6.07) is 1.80. The summed E-state index contributed by atoms with van der Waals surface area (Å²) in [7, 11) is 0. The monoisotopic (exact) mass is 261 g/mol. The molecule has 3 N–H and O–H groups in total. The molecule has 7 heteroatoms. The van der Waals surface area contributed by atoms with Crippen LogP contribution in [0.25, 0.3) is 5.95 Å². The lowest BCUT2D eigenvalue weighted by atomic mass is 10.1. The lowest BCUT2D eigenvalue weighted by molar-refractivity contribution is 0.566. The first-order valence-electron chi connectivity index (χ1n) is 6.40. The standard InChI is InChI=1S/C12H19N7/c1-9(2)5-3-6-14-11-16-10(13)17-12(18-11)19-8-4-7-15-19/h4,7-9H,3,5-6H2,1-2H3,(H3,13,14,16,17,18). The number of aromatic nitrogens is 5. The third kappa shape index (κ3) is 3.90. The molecular formula is C12H19N7. The van der Waals surface area contributed by atoms with E-state index in [2.05, 4.69) is 39.2 Å². The fourth-order valence-corrected chi connectivity index (χ4v) is 1.66. The van der Waals surface area contributed by atoms with Crippen LogP contribution in [-0.2, 0) is 0 Å². The number of nitrogens with two attached hydrogens (primary N) is 1. The SMILES string of the molecule is CC(C)CCCNc1nc(N)nc(-n2cccn2)n1. The topological polar surface area (TPSA) is 94.5 Å². The summed E-state index contributed by atoms with van der Waals surface area (Å²) in [6.07, 6.45) is 5.66. The van der Waals surface area contributed by atoms with Crippen molar-refractivity contribution >= 4 is 11.9 Å². The van der Waals surface area contributed by atoms with Gasteiger partial charge in [-0.05, 0) is 24.8 Å². The summed E-state index contributed by atoms with van der Waals surface area (Å²) in [5, 5.41) is 7.23. The van der Waals surface area contributed by atoms with Gasteiger partial charge in [0, 0.05) is 18.9 Å². The van der Waals surface area contributed by atoms with E-state index in [1.807, 2.05) is 0 Å². The van der Waals surface area contributed by atoms with Gasteiger partial charge in [-0.2, -0.15) is 20.1 Å². The van der Waals surface area contributed by atoms with Crippen molar-refractivity contribution in [1.82, 2.24) is 24.7 Å². The number of nitrogen functional groups attached to an aromatic ring is 1. The van der Waals surface area contributed by atoms with Crippen molar-refractivity contribution in [1.29, 1.82) is 0 Å². The maximum absolute atomic E-state index is 5.67. The van der Waals surface area contributed by atoms with Gasteiger partial charge in [-0.1, -0.05) is 13.8 Å². The Labute approximate surface area is 112 Å². The van der Waals surface area contributed by atoms with E-state index in [-0.39, 0.29) is 5.95 Å². The smallest absolute Gasteiger partial charge is 0.257 e. The molecule has 0 amide bonds. The Hall–Kier alpha value is -2.18. The molecule has 0 aromatic carbocycles. The highest BCUT2D eigenvalue weighted by Crippen LogP contribution is 2.08. The molecule has 2 aromatic heterocycles. The Morgan fingerprint density at radius 3 is 2.84 bits per heavy atom. The average Bonchev–Trinajstić information content (AvgIpc) is 2.87. The van der Waals surface area contributed by atoms with Crippen molar-refractivity contribution < 1.29 is 0 Å². The Bertz CT molecular complexity index is 507. The van der Waals surface area contributed by atoms with Crippen LogP contribution in [0.3, 0.4) is 0 Å². The van der Waals surface area contributed by atoms with E-state index >= 15 is 0 Å². The molecule has 0 unspecified atom stereocenters. The lowest BCUT2D eigenvalue weighted by Gasteiger charge is -2.08. The Kier molecular flexibility index (Phi) is 4.27. The summed E-state index contributed by atoms with van der Waals surface area (Å²) in [5.41, 5.74) is 5.67. The number of rotatable bonds is 6. The fraction of sp³-hybridized carbons (Fsp3) is 0.500. The second-order valence-corrected chi connectivity index (χ2v) is 4.73. The minimum absolute atomic E-state index is 0.187. The van der Waals surface area contributed by atoms with Crippen molar-refractivity contribution in [2.24, 2.45) is 5.92 Å². The second kappa shape index (κ2) is 6.12. The van der Waals surface area contributed by atoms with Gasteiger partial charge in [-0.25, -0.2) is 4.68 Å². The first-order valence-corrected chi connectivity index (χ1v) is 6.40. The Morgan fingerprint density at radius 2 is 2.16 bits per heavy atom. The van der Waals surface area contributed by atoms with Crippen LogP contribution in [0.5, 0.6) is 0 Å². The first kappa shape index (κ1) is 13.3. The minimum atomic E-state index is 0.187. The van der Waals surface area contributed by atoms with Gasteiger partial charge in [-0.3, -0.25) is 0 Å².